The molecule has 0 saturated carbocycles. The molecule has 5 heteroatoms. The van der Waals surface area contributed by atoms with Crippen molar-refractivity contribution in [1.29, 1.82) is 0 Å². The van der Waals surface area contributed by atoms with Gasteiger partial charge in [-0.15, -0.1) is 0 Å². The van der Waals surface area contributed by atoms with E-state index in [9.17, 15) is 0 Å². The highest BCUT2D eigenvalue weighted by Gasteiger charge is 2.21. The van der Waals surface area contributed by atoms with Crippen LogP contribution in [0.5, 0.6) is 0 Å². The molecule has 5 nitrogen and oxygen atoms in total. The maximum Gasteiger partial charge on any atom is 0.299 e. The zero-order chi connectivity index (χ0) is 11.0. The highest BCUT2D eigenvalue weighted by Crippen LogP contribution is 2.22. The molecule has 1 aliphatic rings. The summed E-state index contributed by atoms with van der Waals surface area (Å²) < 4.78 is 5.60. The van der Waals surface area contributed by atoms with Gasteiger partial charge in [0.15, 0.2) is 0 Å². The van der Waals surface area contributed by atoms with Gasteiger partial charge in [0.2, 0.25) is 5.71 Å². The number of fused-ring (bicyclic) bond motifs is 1. The van der Waals surface area contributed by atoms with Crippen LogP contribution >= 0.6 is 0 Å². The average Bonchev–Trinajstić information content (AvgIpc) is 2.72. The van der Waals surface area contributed by atoms with Gasteiger partial charge in [-0.25, -0.2) is 4.98 Å². The zero-order valence-electron chi connectivity index (χ0n) is 8.97. The Morgan fingerprint density at radius 3 is 3.25 bits per heavy atom. The number of hydrogen-bond acceptors (Lipinski definition) is 5. The molecule has 16 heavy (non-hydrogen) atoms. The molecule has 0 bridgehead atoms. The van der Waals surface area contributed by atoms with Gasteiger partial charge in [-0.05, 0) is 25.0 Å². The van der Waals surface area contributed by atoms with Crippen molar-refractivity contribution in [3.63, 3.8) is 0 Å². The molecule has 84 valence electrons. The van der Waals surface area contributed by atoms with Crippen molar-refractivity contribution in [2.24, 2.45) is 5.73 Å². The maximum absolute atomic E-state index is 5.93. The van der Waals surface area contributed by atoms with E-state index < -0.39 is 0 Å². The normalized spacial score (nSPS) is 21.6. The van der Waals surface area contributed by atoms with E-state index in [0.29, 0.717) is 11.7 Å². The number of oxazole rings is 1. The molecule has 1 aliphatic heterocycles. The van der Waals surface area contributed by atoms with E-state index >= 15 is 0 Å². The monoisotopic (exact) mass is 218 g/mol. The predicted molar refractivity (Wildman–Crippen MR) is 61.2 cm³/mol. The van der Waals surface area contributed by atoms with Crippen molar-refractivity contribution in [3.05, 3.63) is 18.3 Å². The first kappa shape index (κ1) is 9.59. The molecule has 2 aromatic heterocycles. The van der Waals surface area contributed by atoms with Gasteiger partial charge in [-0.2, -0.15) is 4.98 Å². The minimum absolute atomic E-state index is 0.219. The van der Waals surface area contributed by atoms with Gasteiger partial charge in [0, 0.05) is 25.3 Å². The van der Waals surface area contributed by atoms with Crippen LogP contribution < -0.4 is 10.6 Å². The van der Waals surface area contributed by atoms with Gasteiger partial charge in [0.25, 0.3) is 6.01 Å². The average molecular weight is 218 g/mol. The van der Waals surface area contributed by atoms with Crippen molar-refractivity contribution in [1.82, 2.24) is 9.97 Å². The van der Waals surface area contributed by atoms with Gasteiger partial charge >= 0.3 is 0 Å². The molecule has 0 aliphatic carbocycles. The molecule has 2 aromatic rings. The number of nitrogens with zero attached hydrogens (tertiary/aromatic N) is 3. The fourth-order valence-electron chi connectivity index (χ4n) is 2.08. The summed E-state index contributed by atoms with van der Waals surface area (Å²) in [7, 11) is 0. The molecule has 3 rings (SSSR count). The summed E-state index contributed by atoms with van der Waals surface area (Å²) >= 11 is 0. The molecule has 1 atom stereocenters. The first-order valence-corrected chi connectivity index (χ1v) is 5.55. The summed E-state index contributed by atoms with van der Waals surface area (Å²) in [6.45, 7) is 1.77. The molecule has 0 radical (unpaired) electrons. The first-order valence-electron chi connectivity index (χ1n) is 5.55. The molecule has 0 aromatic carbocycles. The van der Waals surface area contributed by atoms with Crippen LogP contribution in [0.25, 0.3) is 11.2 Å². The SMILES string of the molecule is NC1CCCN(c2nc3cccnc3o2)C1. The largest absolute Gasteiger partial charge is 0.404 e. The van der Waals surface area contributed by atoms with Gasteiger partial charge in [-0.3, -0.25) is 0 Å². The topological polar surface area (TPSA) is 68.2 Å². The van der Waals surface area contributed by atoms with Crippen molar-refractivity contribution in [2.45, 2.75) is 18.9 Å². The molecular formula is C11H14N4O. The second-order valence-electron chi connectivity index (χ2n) is 4.17. The third-order valence-corrected chi connectivity index (χ3v) is 2.88. The van der Waals surface area contributed by atoms with Crippen LogP contribution in [-0.4, -0.2) is 29.1 Å². The number of piperidine rings is 1. The van der Waals surface area contributed by atoms with Crippen LogP contribution in [0.1, 0.15) is 12.8 Å². The minimum atomic E-state index is 0.219. The van der Waals surface area contributed by atoms with Crippen LogP contribution in [0.15, 0.2) is 22.7 Å². The smallest absolute Gasteiger partial charge is 0.299 e. The highest BCUT2D eigenvalue weighted by atomic mass is 16.4. The van der Waals surface area contributed by atoms with E-state index in [1.54, 1.807) is 6.20 Å². The molecule has 3 heterocycles. The highest BCUT2D eigenvalue weighted by molar-refractivity contribution is 5.69. The number of aromatic nitrogens is 2. The van der Waals surface area contributed by atoms with Crippen LogP contribution in [0.2, 0.25) is 0 Å². The Bertz CT molecular complexity index is 462. The Hall–Kier alpha value is -1.62. The fraction of sp³-hybridized carbons (Fsp3) is 0.455. The van der Waals surface area contributed by atoms with Crippen molar-refractivity contribution in [3.8, 4) is 0 Å². The predicted octanol–water partition coefficient (Wildman–Crippen LogP) is 1.15. The lowest BCUT2D eigenvalue weighted by Gasteiger charge is -2.29. The molecule has 2 N–H and O–H groups in total. The molecule has 0 amide bonds. The number of pyridine rings is 1. The van der Waals surface area contributed by atoms with Crippen LogP contribution in [-0.2, 0) is 0 Å². The Kier molecular flexibility index (Phi) is 2.25. The quantitative estimate of drug-likeness (QED) is 0.777. The fourth-order valence-corrected chi connectivity index (χ4v) is 2.08. The second kappa shape index (κ2) is 3.75. The van der Waals surface area contributed by atoms with Crippen LogP contribution in [0, 0.1) is 0 Å². The van der Waals surface area contributed by atoms with Crippen molar-refractivity contribution in [2.75, 3.05) is 18.0 Å². The third kappa shape index (κ3) is 1.63. The third-order valence-electron chi connectivity index (χ3n) is 2.88. The van der Waals surface area contributed by atoms with Gasteiger partial charge in [0.05, 0.1) is 0 Å². The van der Waals surface area contributed by atoms with Crippen molar-refractivity contribution < 1.29 is 4.42 Å². The lowest BCUT2D eigenvalue weighted by Crippen LogP contribution is -2.42. The number of hydrogen-bond donors (Lipinski definition) is 1. The van der Waals surface area contributed by atoms with E-state index in [4.69, 9.17) is 10.2 Å². The summed E-state index contributed by atoms with van der Waals surface area (Å²) in [6, 6.07) is 4.62. The molecule has 0 spiro atoms. The second-order valence-corrected chi connectivity index (χ2v) is 4.17. The van der Waals surface area contributed by atoms with Crippen molar-refractivity contribution >= 4 is 17.2 Å². The standard InChI is InChI=1S/C11H14N4O/c12-8-3-2-6-15(7-8)11-14-9-4-1-5-13-10(9)16-11/h1,4-5,8H,2-3,6-7,12H2. The molecule has 1 unspecified atom stereocenters. The molecular weight excluding hydrogens is 204 g/mol. The van der Waals surface area contributed by atoms with E-state index in [1.165, 1.54) is 0 Å². The lowest BCUT2D eigenvalue weighted by atomic mass is 10.1. The molecule has 1 saturated heterocycles. The Labute approximate surface area is 93.3 Å². The zero-order valence-corrected chi connectivity index (χ0v) is 8.97. The van der Waals surface area contributed by atoms with Gasteiger partial charge in [0.1, 0.15) is 5.52 Å². The van der Waals surface area contributed by atoms with Crippen LogP contribution in [0.4, 0.5) is 6.01 Å². The lowest BCUT2D eigenvalue weighted by molar-refractivity contribution is 0.465. The van der Waals surface area contributed by atoms with Crippen LogP contribution in [0.3, 0.4) is 0 Å². The summed E-state index contributed by atoms with van der Waals surface area (Å²) in [6.07, 6.45) is 3.88. The number of rotatable bonds is 1. The summed E-state index contributed by atoms with van der Waals surface area (Å²) in [4.78, 5) is 10.6. The van der Waals surface area contributed by atoms with Gasteiger partial charge < -0.3 is 15.1 Å². The van der Waals surface area contributed by atoms with Gasteiger partial charge in [-0.1, -0.05) is 0 Å². The minimum Gasteiger partial charge on any atom is -0.404 e. The Balaban J connectivity index is 1.93. The maximum atomic E-state index is 5.93. The Morgan fingerprint density at radius 1 is 1.50 bits per heavy atom. The molecule has 1 fully saturated rings. The number of nitrogens with two attached hydrogens (primary N) is 1. The summed E-state index contributed by atoms with van der Waals surface area (Å²) in [5, 5.41) is 0. The Morgan fingerprint density at radius 2 is 2.44 bits per heavy atom. The van der Waals surface area contributed by atoms with E-state index in [2.05, 4.69) is 14.9 Å². The first-order chi connectivity index (χ1) is 7.83. The summed E-state index contributed by atoms with van der Waals surface area (Å²) in [5.74, 6) is 0. The van der Waals surface area contributed by atoms with E-state index in [1.807, 2.05) is 12.1 Å². The number of anilines is 1. The van der Waals surface area contributed by atoms with E-state index in [0.717, 1.165) is 31.4 Å². The summed E-state index contributed by atoms with van der Waals surface area (Å²) in [5.41, 5.74) is 7.33. The van der Waals surface area contributed by atoms with E-state index in [-0.39, 0.29) is 6.04 Å².